The number of alkyl halides is 1. The molecule has 0 aliphatic carbocycles. The van der Waals surface area contributed by atoms with Crippen molar-refractivity contribution in [3.05, 3.63) is 59.2 Å². The number of carbonyl (C=O) groups is 1. The zero-order valence-corrected chi connectivity index (χ0v) is 17.9. The van der Waals surface area contributed by atoms with Gasteiger partial charge in [-0.1, -0.05) is 13.8 Å². The fraction of sp³-hybridized carbons (Fsp3) is 0.292. The van der Waals surface area contributed by atoms with Crippen LogP contribution in [0.15, 0.2) is 36.5 Å². The monoisotopic (exact) mass is 436 g/mol. The van der Waals surface area contributed by atoms with Crippen LogP contribution in [0.1, 0.15) is 37.1 Å². The zero-order valence-electron chi connectivity index (χ0n) is 17.9. The third-order valence-corrected chi connectivity index (χ3v) is 5.85. The van der Waals surface area contributed by atoms with E-state index in [2.05, 4.69) is 16.3 Å². The van der Waals surface area contributed by atoms with Crippen LogP contribution in [0.25, 0.3) is 27.5 Å². The summed E-state index contributed by atoms with van der Waals surface area (Å²) in [6, 6.07) is 10.6. The Morgan fingerprint density at radius 2 is 2.09 bits per heavy atom. The van der Waals surface area contributed by atoms with Crippen molar-refractivity contribution in [1.82, 2.24) is 14.8 Å². The summed E-state index contributed by atoms with van der Waals surface area (Å²) in [6.45, 7) is 5.38. The molecular formula is C24H22F2N4O2. The first-order valence-electron chi connectivity index (χ1n) is 10.2. The molecule has 4 rings (SSSR count). The Morgan fingerprint density at radius 1 is 1.34 bits per heavy atom. The van der Waals surface area contributed by atoms with Gasteiger partial charge in [0.2, 0.25) is 6.17 Å². The van der Waals surface area contributed by atoms with E-state index in [4.69, 9.17) is 0 Å². The molecule has 164 valence electrons. The largest absolute Gasteiger partial charge is 0.479 e. The first kappa shape index (κ1) is 21.5. The highest BCUT2D eigenvalue weighted by Gasteiger charge is 2.33. The fourth-order valence-corrected chi connectivity index (χ4v) is 4.29. The van der Waals surface area contributed by atoms with Gasteiger partial charge >= 0.3 is 5.97 Å². The van der Waals surface area contributed by atoms with Crippen LogP contribution in [0, 0.1) is 24.1 Å². The number of fused-ring (bicyclic) bond motifs is 2. The summed E-state index contributed by atoms with van der Waals surface area (Å²) in [7, 11) is 0. The van der Waals surface area contributed by atoms with Gasteiger partial charge in [-0.2, -0.15) is 10.4 Å². The molecule has 1 atom stereocenters. The number of carboxylic acids is 1. The lowest BCUT2D eigenvalue weighted by atomic mass is 9.82. The normalized spacial score (nSPS) is 12.9. The summed E-state index contributed by atoms with van der Waals surface area (Å²) in [5.74, 6) is -1.90. The molecule has 2 heterocycles. The van der Waals surface area contributed by atoms with Crippen LogP contribution >= 0.6 is 0 Å². The number of hydrogen-bond donors (Lipinski definition) is 2. The smallest absolute Gasteiger partial charge is 0.338 e. The van der Waals surface area contributed by atoms with Gasteiger partial charge in [-0.05, 0) is 48.4 Å². The first-order valence-corrected chi connectivity index (χ1v) is 10.2. The molecule has 6 nitrogen and oxygen atoms in total. The Bertz CT molecular complexity index is 1390. The van der Waals surface area contributed by atoms with E-state index in [1.807, 2.05) is 30.5 Å². The molecule has 32 heavy (non-hydrogen) atoms. The topological polar surface area (TPSA) is 94.7 Å². The van der Waals surface area contributed by atoms with Gasteiger partial charge in [-0.25, -0.2) is 13.6 Å². The SMILES string of the molecule is Cc1cc(-n2c(C(C)(C)CC#N)c(C[C@@H](F)C(=O)O)c3cc4[nH]ncc4cc32)ccc1F. The van der Waals surface area contributed by atoms with E-state index in [0.29, 0.717) is 33.4 Å². The van der Waals surface area contributed by atoms with Gasteiger partial charge in [0.15, 0.2) is 0 Å². The highest BCUT2D eigenvalue weighted by atomic mass is 19.1. The minimum atomic E-state index is -2.11. The Morgan fingerprint density at radius 3 is 2.75 bits per heavy atom. The maximum absolute atomic E-state index is 14.5. The molecule has 0 saturated carbocycles. The fourth-order valence-electron chi connectivity index (χ4n) is 4.29. The minimum absolute atomic E-state index is 0.125. The van der Waals surface area contributed by atoms with Crippen molar-refractivity contribution in [3.63, 3.8) is 0 Å². The molecule has 2 aromatic heterocycles. The maximum atomic E-state index is 14.5. The predicted molar refractivity (Wildman–Crippen MR) is 117 cm³/mol. The number of benzene rings is 2. The van der Waals surface area contributed by atoms with Gasteiger partial charge in [-0.15, -0.1) is 0 Å². The summed E-state index contributed by atoms with van der Waals surface area (Å²) in [4.78, 5) is 11.4. The number of nitrogens with zero attached hydrogens (tertiary/aromatic N) is 3. The first-order chi connectivity index (χ1) is 15.1. The number of carboxylic acid groups (broad SMARTS) is 1. The van der Waals surface area contributed by atoms with Crippen LogP contribution in [-0.2, 0) is 16.6 Å². The van der Waals surface area contributed by atoms with Gasteiger partial charge in [0.05, 0.1) is 23.3 Å². The van der Waals surface area contributed by atoms with Gasteiger partial charge in [0.1, 0.15) is 5.82 Å². The maximum Gasteiger partial charge on any atom is 0.338 e. The van der Waals surface area contributed by atoms with Crippen molar-refractivity contribution < 1.29 is 18.7 Å². The summed E-state index contributed by atoms with van der Waals surface area (Å²) in [5.41, 5.74) is 2.91. The number of nitriles is 1. The molecule has 0 unspecified atom stereocenters. The second kappa shape index (κ2) is 7.75. The lowest BCUT2D eigenvalue weighted by Crippen LogP contribution is -2.25. The standard InChI is InChI=1S/C24H22F2N4O2/c1-13-8-15(4-5-18(13)25)30-21-9-14-12-28-29-20(14)11-16(21)17(10-19(26)23(31)32)22(30)24(2,3)6-7-27/h4-5,8-9,11-12,19H,6,10H2,1-3H3,(H,28,29)(H,31,32)/t19-/m1/s1. The van der Waals surface area contributed by atoms with E-state index in [1.165, 1.54) is 6.07 Å². The van der Waals surface area contributed by atoms with E-state index in [0.717, 1.165) is 10.9 Å². The molecule has 8 heteroatoms. The van der Waals surface area contributed by atoms with Crippen molar-refractivity contribution in [2.45, 2.75) is 45.2 Å². The number of nitrogens with one attached hydrogen (secondary N) is 1. The minimum Gasteiger partial charge on any atom is -0.479 e. The second-order valence-electron chi connectivity index (χ2n) is 8.65. The number of aromatic amines is 1. The quantitative estimate of drug-likeness (QED) is 0.439. The molecule has 4 aromatic rings. The summed E-state index contributed by atoms with van der Waals surface area (Å²) < 4.78 is 30.5. The molecule has 0 saturated heterocycles. The van der Waals surface area contributed by atoms with Crippen molar-refractivity contribution in [1.29, 1.82) is 5.26 Å². The number of H-pyrrole nitrogens is 1. The predicted octanol–water partition coefficient (Wildman–Crippen LogP) is 5.11. The van der Waals surface area contributed by atoms with E-state index in [1.54, 1.807) is 25.3 Å². The Hall–Kier alpha value is -3.73. The zero-order chi connectivity index (χ0) is 23.2. The lowest BCUT2D eigenvalue weighted by molar-refractivity contribution is -0.142. The molecule has 2 aromatic carbocycles. The number of aryl methyl sites for hydroxylation is 1. The third kappa shape index (κ3) is 3.50. The Labute approximate surface area is 183 Å². The number of aliphatic carboxylic acids is 1. The summed E-state index contributed by atoms with van der Waals surface area (Å²) >= 11 is 0. The molecular weight excluding hydrogens is 414 g/mol. The lowest BCUT2D eigenvalue weighted by Gasteiger charge is -2.27. The second-order valence-corrected chi connectivity index (χ2v) is 8.65. The molecule has 0 aliphatic rings. The average Bonchev–Trinajstić information content (AvgIpc) is 3.30. The van der Waals surface area contributed by atoms with Gasteiger partial charge in [0.25, 0.3) is 0 Å². The van der Waals surface area contributed by atoms with E-state index in [9.17, 15) is 23.9 Å². The van der Waals surface area contributed by atoms with Crippen LogP contribution in [0.4, 0.5) is 8.78 Å². The average molecular weight is 436 g/mol. The van der Waals surface area contributed by atoms with Crippen LogP contribution in [0.3, 0.4) is 0 Å². The van der Waals surface area contributed by atoms with E-state index in [-0.39, 0.29) is 18.7 Å². The van der Waals surface area contributed by atoms with Gasteiger partial charge in [-0.3, -0.25) is 5.10 Å². The van der Waals surface area contributed by atoms with Gasteiger partial charge < -0.3 is 9.67 Å². The van der Waals surface area contributed by atoms with Crippen molar-refractivity contribution >= 4 is 27.8 Å². The van der Waals surface area contributed by atoms with Crippen molar-refractivity contribution in [2.24, 2.45) is 0 Å². The highest BCUT2D eigenvalue weighted by Crippen LogP contribution is 2.41. The number of rotatable bonds is 6. The Kier molecular flexibility index (Phi) is 5.21. The summed E-state index contributed by atoms with van der Waals surface area (Å²) in [6.07, 6.45) is -0.683. The van der Waals surface area contributed by atoms with Crippen LogP contribution in [0.2, 0.25) is 0 Å². The van der Waals surface area contributed by atoms with Crippen LogP contribution < -0.4 is 0 Å². The highest BCUT2D eigenvalue weighted by molar-refractivity contribution is 5.99. The van der Waals surface area contributed by atoms with Crippen LogP contribution in [0.5, 0.6) is 0 Å². The molecule has 2 N–H and O–H groups in total. The van der Waals surface area contributed by atoms with E-state index >= 15 is 0 Å². The number of aromatic nitrogens is 3. The molecule has 0 amide bonds. The third-order valence-electron chi connectivity index (χ3n) is 5.85. The summed E-state index contributed by atoms with van der Waals surface area (Å²) in [5, 5.41) is 27.2. The molecule has 0 spiro atoms. The van der Waals surface area contributed by atoms with Crippen molar-refractivity contribution in [3.8, 4) is 11.8 Å². The Balaban J connectivity index is 2.16. The van der Waals surface area contributed by atoms with Crippen molar-refractivity contribution in [2.75, 3.05) is 0 Å². The number of halogens is 2. The molecule has 0 aliphatic heterocycles. The number of hydrogen-bond acceptors (Lipinski definition) is 3. The molecule has 0 radical (unpaired) electrons. The van der Waals surface area contributed by atoms with Gasteiger partial charge in [0, 0.05) is 40.4 Å². The van der Waals surface area contributed by atoms with E-state index < -0.39 is 17.6 Å². The molecule has 0 fully saturated rings. The van der Waals surface area contributed by atoms with Crippen LogP contribution in [-0.4, -0.2) is 32.0 Å². The molecule has 0 bridgehead atoms.